The largest absolute Gasteiger partial charge is 0.504 e. The first kappa shape index (κ1) is 29.9. The number of rotatable bonds is 7. The summed E-state index contributed by atoms with van der Waals surface area (Å²) in [5, 5.41) is 11.0. The van der Waals surface area contributed by atoms with E-state index in [9.17, 15) is 14.3 Å². The van der Waals surface area contributed by atoms with E-state index in [-0.39, 0.29) is 28.3 Å². The van der Waals surface area contributed by atoms with Crippen LogP contribution in [0.4, 0.5) is 14.6 Å². The van der Waals surface area contributed by atoms with Gasteiger partial charge in [-0.15, -0.1) is 0 Å². The van der Waals surface area contributed by atoms with Gasteiger partial charge in [-0.25, -0.2) is 23.1 Å². The number of benzene rings is 1. The van der Waals surface area contributed by atoms with Gasteiger partial charge in [-0.3, -0.25) is 4.98 Å². The van der Waals surface area contributed by atoms with Gasteiger partial charge >= 0.3 is 5.69 Å². The number of aryl methyl sites for hydroxylation is 1. The van der Waals surface area contributed by atoms with Crippen LogP contribution in [-0.2, 0) is 6.42 Å². The lowest BCUT2D eigenvalue weighted by atomic mass is 9.95. The topological polar surface area (TPSA) is 84.1 Å². The first-order valence-corrected chi connectivity index (χ1v) is 15.0. The molecule has 0 aliphatic carbocycles. The first-order chi connectivity index (χ1) is 20.0. The zero-order valence-corrected chi connectivity index (χ0v) is 25.3. The lowest BCUT2D eigenvalue weighted by Crippen LogP contribution is -2.43. The Morgan fingerprint density at radius 3 is 2.57 bits per heavy atom. The van der Waals surface area contributed by atoms with Gasteiger partial charge in [-0.1, -0.05) is 45.7 Å². The fourth-order valence-corrected chi connectivity index (χ4v) is 6.06. The maximum absolute atomic E-state index is 15.1. The summed E-state index contributed by atoms with van der Waals surface area (Å²) >= 11 is 6.72. The Morgan fingerprint density at radius 2 is 1.86 bits per heavy atom. The van der Waals surface area contributed by atoms with E-state index < -0.39 is 28.6 Å². The summed E-state index contributed by atoms with van der Waals surface area (Å²) in [7, 11) is 0. The van der Waals surface area contributed by atoms with Crippen LogP contribution in [0.1, 0.15) is 77.5 Å². The maximum Gasteiger partial charge on any atom is 0.355 e. The van der Waals surface area contributed by atoms with E-state index in [1.165, 1.54) is 4.57 Å². The van der Waals surface area contributed by atoms with Crippen LogP contribution in [0.25, 0.3) is 28.0 Å². The standard InChI is InChI=1S/C32H36ClF2N5O2/c1-6-7-8-20-13-14-36-26(17(2)3)28(20)40-31-21(30(38-32(40)42)39-16-18(4)9-10-19(39)5)15-22(33)27(37-31)25-23(34)11-12-24(35)29(25)41/h11-15,17-19,41H,6-10,16H2,1-5H3/t18-,19-/m0/s1. The molecule has 0 radical (unpaired) electrons. The number of unbranched alkanes of at least 4 members (excludes halogenated alkanes) is 1. The Balaban J connectivity index is 1.92. The van der Waals surface area contributed by atoms with Crippen molar-refractivity contribution in [2.24, 2.45) is 5.92 Å². The number of phenolic OH excluding ortho intramolecular Hbond substituents is 1. The summed E-state index contributed by atoms with van der Waals surface area (Å²) in [6.45, 7) is 11.0. The molecule has 0 saturated carbocycles. The number of hydrogen-bond donors (Lipinski definition) is 1. The fourth-order valence-electron chi connectivity index (χ4n) is 5.81. The quantitative estimate of drug-likeness (QED) is 0.237. The van der Waals surface area contributed by atoms with Crippen LogP contribution in [0.5, 0.6) is 5.75 Å². The van der Waals surface area contributed by atoms with E-state index in [0.29, 0.717) is 41.5 Å². The molecule has 222 valence electrons. The molecular weight excluding hydrogens is 560 g/mol. The summed E-state index contributed by atoms with van der Waals surface area (Å²) in [5.41, 5.74) is 1.17. The lowest BCUT2D eigenvalue weighted by molar-refractivity contribution is 0.388. The lowest BCUT2D eigenvalue weighted by Gasteiger charge is -2.38. The molecule has 1 fully saturated rings. The van der Waals surface area contributed by atoms with Crippen molar-refractivity contribution in [2.75, 3.05) is 11.4 Å². The summed E-state index contributed by atoms with van der Waals surface area (Å²) in [6, 6.07) is 5.34. The van der Waals surface area contributed by atoms with E-state index in [0.717, 1.165) is 43.4 Å². The van der Waals surface area contributed by atoms with Crippen molar-refractivity contribution in [3.63, 3.8) is 0 Å². The smallest absolute Gasteiger partial charge is 0.355 e. The molecule has 1 saturated heterocycles. The van der Waals surface area contributed by atoms with Crippen LogP contribution in [0.15, 0.2) is 35.3 Å². The molecule has 0 spiro atoms. The minimum atomic E-state index is -1.01. The van der Waals surface area contributed by atoms with Crippen molar-refractivity contribution in [1.82, 2.24) is 19.5 Å². The van der Waals surface area contributed by atoms with Crippen molar-refractivity contribution in [2.45, 2.75) is 78.7 Å². The highest BCUT2D eigenvalue weighted by atomic mass is 35.5. The highest BCUT2D eigenvalue weighted by Gasteiger charge is 2.30. The number of pyridine rings is 2. The molecule has 0 amide bonds. The average molecular weight is 596 g/mol. The van der Waals surface area contributed by atoms with Gasteiger partial charge in [-0.2, -0.15) is 4.98 Å². The first-order valence-electron chi connectivity index (χ1n) is 14.6. The van der Waals surface area contributed by atoms with Crippen LogP contribution in [0.2, 0.25) is 5.02 Å². The van der Waals surface area contributed by atoms with Crippen LogP contribution < -0.4 is 10.6 Å². The van der Waals surface area contributed by atoms with Crippen LogP contribution in [0, 0.1) is 17.6 Å². The van der Waals surface area contributed by atoms with Gasteiger partial charge in [0.2, 0.25) is 0 Å². The van der Waals surface area contributed by atoms with Crippen molar-refractivity contribution in [3.8, 4) is 22.7 Å². The van der Waals surface area contributed by atoms with Crippen LogP contribution >= 0.6 is 11.6 Å². The third-order valence-corrected chi connectivity index (χ3v) is 8.40. The monoisotopic (exact) mass is 595 g/mol. The SMILES string of the molecule is CCCCc1ccnc(C(C)C)c1-n1c(=O)nc(N2C[C@@H](C)CC[C@@H]2C)c2cc(Cl)c(-c3c(F)ccc(F)c3O)nc21. The third kappa shape index (κ3) is 5.35. The number of anilines is 1. The fraction of sp³-hybridized carbons (Fsp3) is 0.438. The Bertz CT molecular complexity index is 1710. The molecule has 1 N–H and O–H groups in total. The molecule has 2 atom stereocenters. The Labute approximate surface area is 249 Å². The second kappa shape index (κ2) is 12.0. The van der Waals surface area contributed by atoms with E-state index in [1.54, 1.807) is 12.3 Å². The van der Waals surface area contributed by atoms with Gasteiger partial charge in [-0.05, 0) is 74.3 Å². The summed E-state index contributed by atoms with van der Waals surface area (Å²) in [4.78, 5) is 30.3. The van der Waals surface area contributed by atoms with E-state index in [2.05, 4.69) is 35.6 Å². The highest BCUT2D eigenvalue weighted by molar-refractivity contribution is 6.34. The second-order valence-electron chi connectivity index (χ2n) is 11.6. The van der Waals surface area contributed by atoms with Gasteiger partial charge in [0.15, 0.2) is 17.2 Å². The number of halogens is 3. The molecule has 0 unspecified atom stereocenters. The third-order valence-electron chi connectivity index (χ3n) is 8.11. The number of aromatic hydroxyl groups is 1. The van der Waals surface area contributed by atoms with Crippen molar-refractivity contribution >= 4 is 28.5 Å². The Kier molecular flexibility index (Phi) is 8.51. The molecule has 1 aliphatic rings. The zero-order chi connectivity index (χ0) is 30.3. The van der Waals surface area contributed by atoms with Crippen LogP contribution in [-0.4, -0.2) is 37.2 Å². The zero-order valence-electron chi connectivity index (χ0n) is 24.6. The van der Waals surface area contributed by atoms with Gasteiger partial charge in [0.05, 0.1) is 33.0 Å². The molecule has 4 aromatic rings. The number of piperidine rings is 1. The molecule has 4 heterocycles. The number of aromatic nitrogens is 4. The maximum atomic E-state index is 15.1. The van der Waals surface area contributed by atoms with Gasteiger partial charge in [0, 0.05) is 18.8 Å². The molecule has 5 rings (SSSR count). The van der Waals surface area contributed by atoms with E-state index in [1.807, 2.05) is 19.9 Å². The molecule has 0 bridgehead atoms. The van der Waals surface area contributed by atoms with Crippen LogP contribution in [0.3, 0.4) is 0 Å². The van der Waals surface area contributed by atoms with Crippen molar-refractivity contribution < 1.29 is 13.9 Å². The predicted octanol–water partition coefficient (Wildman–Crippen LogP) is 7.57. The predicted molar refractivity (Wildman–Crippen MR) is 163 cm³/mol. The van der Waals surface area contributed by atoms with E-state index in [4.69, 9.17) is 16.6 Å². The molecule has 3 aromatic heterocycles. The molecule has 42 heavy (non-hydrogen) atoms. The van der Waals surface area contributed by atoms with Crippen molar-refractivity contribution in [1.29, 1.82) is 0 Å². The normalized spacial score (nSPS) is 17.4. The second-order valence-corrected chi connectivity index (χ2v) is 12.0. The number of phenols is 1. The highest BCUT2D eigenvalue weighted by Crippen LogP contribution is 2.40. The molecule has 10 heteroatoms. The number of nitrogens with zero attached hydrogens (tertiary/aromatic N) is 5. The van der Waals surface area contributed by atoms with Crippen molar-refractivity contribution in [3.05, 3.63) is 68.9 Å². The number of hydrogen-bond acceptors (Lipinski definition) is 6. The summed E-state index contributed by atoms with van der Waals surface area (Å²) < 4.78 is 31.0. The van der Waals surface area contributed by atoms with Gasteiger partial charge in [0.1, 0.15) is 11.6 Å². The minimum Gasteiger partial charge on any atom is -0.504 e. The molecule has 7 nitrogen and oxygen atoms in total. The molecular formula is C32H36ClF2N5O2. The average Bonchev–Trinajstić information content (AvgIpc) is 2.95. The summed E-state index contributed by atoms with van der Waals surface area (Å²) in [5.74, 6) is -2.02. The Morgan fingerprint density at radius 1 is 1.12 bits per heavy atom. The minimum absolute atomic E-state index is 0.00487. The summed E-state index contributed by atoms with van der Waals surface area (Å²) in [6.07, 6.45) is 6.27. The Hall–Kier alpha value is -3.59. The van der Waals surface area contributed by atoms with Gasteiger partial charge in [0.25, 0.3) is 0 Å². The molecule has 1 aromatic carbocycles. The number of fused-ring (bicyclic) bond motifs is 1. The van der Waals surface area contributed by atoms with Gasteiger partial charge < -0.3 is 10.0 Å². The van der Waals surface area contributed by atoms with E-state index >= 15 is 4.39 Å². The molecule has 1 aliphatic heterocycles.